The van der Waals surface area contributed by atoms with Crippen LogP contribution in [0.4, 0.5) is 5.69 Å². The van der Waals surface area contributed by atoms with E-state index in [4.69, 9.17) is 25.5 Å². The fraction of sp³-hybridized carbons (Fsp3) is 0.143. The molecule has 5 heteroatoms. The maximum Gasteiger partial charge on any atom is 0.135 e. The monoisotopic (exact) mass is 367 g/mol. The van der Waals surface area contributed by atoms with Crippen molar-refractivity contribution in [3.05, 3.63) is 65.2 Å². The molecule has 0 saturated carbocycles. The van der Waals surface area contributed by atoms with E-state index >= 15 is 0 Å². The summed E-state index contributed by atoms with van der Waals surface area (Å²) in [5.41, 5.74) is 3.75. The molecule has 1 heterocycles. The van der Waals surface area contributed by atoms with Crippen molar-refractivity contribution in [3.63, 3.8) is 0 Å². The van der Waals surface area contributed by atoms with Crippen LogP contribution in [0.2, 0.25) is 5.02 Å². The number of halogens is 1. The van der Waals surface area contributed by atoms with E-state index in [2.05, 4.69) is 11.4 Å². The summed E-state index contributed by atoms with van der Waals surface area (Å²) in [4.78, 5) is 0. The Morgan fingerprint density at radius 3 is 2.19 bits per heavy atom. The molecule has 26 heavy (non-hydrogen) atoms. The molecule has 0 aliphatic heterocycles. The highest BCUT2D eigenvalue weighted by molar-refractivity contribution is 6.31. The van der Waals surface area contributed by atoms with Crippen molar-refractivity contribution in [2.45, 2.75) is 6.54 Å². The summed E-state index contributed by atoms with van der Waals surface area (Å²) in [7, 11) is 3.30. The molecule has 4 aromatic rings. The van der Waals surface area contributed by atoms with Crippen molar-refractivity contribution in [1.29, 1.82) is 0 Å². The fourth-order valence-electron chi connectivity index (χ4n) is 3.03. The van der Waals surface area contributed by atoms with E-state index in [1.165, 1.54) is 0 Å². The third-order valence-electron chi connectivity index (χ3n) is 4.34. The van der Waals surface area contributed by atoms with E-state index in [0.717, 1.165) is 44.7 Å². The van der Waals surface area contributed by atoms with E-state index < -0.39 is 0 Å². The maximum absolute atomic E-state index is 6.13. The molecule has 0 spiro atoms. The van der Waals surface area contributed by atoms with Gasteiger partial charge in [0.2, 0.25) is 0 Å². The Hall–Kier alpha value is -2.85. The summed E-state index contributed by atoms with van der Waals surface area (Å²) < 4.78 is 16.5. The number of furan rings is 1. The van der Waals surface area contributed by atoms with Crippen molar-refractivity contribution in [1.82, 2.24) is 0 Å². The molecule has 1 N–H and O–H groups in total. The first-order valence-corrected chi connectivity index (χ1v) is 8.62. The van der Waals surface area contributed by atoms with Gasteiger partial charge in [0.05, 0.1) is 14.2 Å². The zero-order chi connectivity index (χ0) is 18.1. The van der Waals surface area contributed by atoms with Crippen LogP contribution in [-0.2, 0) is 6.54 Å². The number of fused-ring (bicyclic) bond motifs is 3. The van der Waals surface area contributed by atoms with Gasteiger partial charge in [0.15, 0.2) is 0 Å². The highest BCUT2D eigenvalue weighted by atomic mass is 35.5. The van der Waals surface area contributed by atoms with E-state index in [1.807, 2.05) is 48.5 Å². The number of nitrogens with one attached hydrogen (secondary N) is 1. The van der Waals surface area contributed by atoms with Gasteiger partial charge < -0.3 is 19.2 Å². The average molecular weight is 368 g/mol. The van der Waals surface area contributed by atoms with Gasteiger partial charge in [0.1, 0.15) is 22.7 Å². The van der Waals surface area contributed by atoms with Gasteiger partial charge in [0.25, 0.3) is 0 Å². The quantitative estimate of drug-likeness (QED) is 0.479. The number of hydrogen-bond donors (Lipinski definition) is 1. The zero-order valence-corrected chi connectivity index (χ0v) is 15.3. The van der Waals surface area contributed by atoms with E-state index in [9.17, 15) is 0 Å². The molecule has 132 valence electrons. The van der Waals surface area contributed by atoms with Gasteiger partial charge in [-0.1, -0.05) is 11.6 Å². The first kappa shape index (κ1) is 16.6. The van der Waals surface area contributed by atoms with Gasteiger partial charge >= 0.3 is 0 Å². The second-order valence-electron chi connectivity index (χ2n) is 6.03. The summed E-state index contributed by atoms with van der Waals surface area (Å²) in [6.45, 7) is 0.648. The Balaban J connectivity index is 1.63. The molecular formula is C21H18ClNO3. The number of methoxy groups -OCH3 is 2. The second-order valence-corrected chi connectivity index (χ2v) is 6.46. The first-order chi connectivity index (χ1) is 12.7. The van der Waals surface area contributed by atoms with Crippen LogP contribution in [0, 0.1) is 0 Å². The maximum atomic E-state index is 6.13. The van der Waals surface area contributed by atoms with Crippen LogP contribution in [0.15, 0.2) is 59.0 Å². The lowest BCUT2D eigenvalue weighted by molar-refractivity contribution is 0.393. The van der Waals surface area contributed by atoms with Crippen LogP contribution in [0.3, 0.4) is 0 Å². The molecule has 3 aromatic carbocycles. The van der Waals surface area contributed by atoms with Crippen LogP contribution < -0.4 is 14.8 Å². The minimum absolute atomic E-state index is 0.648. The highest BCUT2D eigenvalue weighted by Gasteiger charge is 2.08. The van der Waals surface area contributed by atoms with E-state index in [0.29, 0.717) is 11.6 Å². The van der Waals surface area contributed by atoms with Gasteiger partial charge in [-0.15, -0.1) is 0 Å². The van der Waals surface area contributed by atoms with E-state index in [-0.39, 0.29) is 0 Å². The molecule has 4 rings (SSSR count). The minimum atomic E-state index is 0.648. The zero-order valence-electron chi connectivity index (χ0n) is 14.5. The average Bonchev–Trinajstić information content (AvgIpc) is 3.03. The second kappa shape index (κ2) is 6.81. The van der Waals surface area contributed by atoms with Gasteiger partial charge in [-0.05, 0) is 54.1 Å². The van der Waals surface area contributed by atoms with Crippen molar-refractivity contribution in [2.75, 3.05) is 19.5 Å². The van der Waals surface area contributed by atoms with Crippen molar-refractivity contribution >= 4 is 39.2 Å². The third-order valence-corrected chi connectivity index (χ3v) is 4.57. The van der Waals surface area contributed by atoms with Gasteiger partial charge in [-0.2, -0.15) is 0 Å². The Kier molecular flexibility index (Phi) is 4.35. The molecule has 1 aromatic heterocycles. The smallest absolute Gasteiger partial charge is 0.135 e. The molecule has 0 saturated heterocycles. The summed E-state index contributed by atoms with van der Waals surface area (Å²) in [6, 6.07) is 17.5. The predicted molar refractivity (Wildman–Crippen MR) is 106 cm³/mol. The van der Waals surface area contributed by atoms with Crippen LogP contribution in [0.5, 0.6) is 11.5 Å². The number of hydrogen-bond acceptors (Lipinski definition) is 4. The molecule has 0 bridgehead atoms. The van der Waals surface area contributed by atoms with Crippen LogP contribution in [0.1, 0.15) is 5.56 Å². The largest absolute Gasteiger partial charge is 0.497 e. The topological polar surface area (TPSA) is 43.6 Å². The molecule has 0 unspecified atom stereocenters. The molecule has 0 aliphatic carbocycles. The lowest BCUT2D eigenvalue weighted by Crippen LogP contribution is -2.00. The van der Waals surface area contributed by atoms with E-state index in [1.54, 1.807) is 14.2 Å². The Morgan fingerprint density at radius 2 is 1.50 bits per heavy atom. The minimum Gasteiger partial charge on any atom is -0.497 e. The molecule has 0 radical (unpaired) electrons. The van der Waals surface area contributed by atoms with Crippen molar-refractivity contribution in [2.24, 2.45) is 0 Å². The summed E-state index contributed by atoms with van der Waals surface area (Å²) in [6.07, 6.45) is 0. The molecule has 0 amide bonds. The van der Waals surface area contributed by atoms with Gasteiger partial charge in [0, 0.05) is 34.1 Å². The van der Waals surface area contributed by atoms with Crippen molar-refractivity contribution < 1.29 is 13.9 Å². The molecular weight excluding hydrogens is 350 g/mol. The molecule has 0 atom stereocenters. The summed E-state index contributed by atoms with van der Waals surface area (Å²) in [5, 5.41) is 6.19. The fourth-order valence-corrected chi connectivity index (χ4v) is 3.20. The Morgan fingerprint density at radius 1 is 0.846 bits per heavy atom. The predicted octanol–water partition coefficient (Wildman–Crippen LogP) is 5.87. The number of rotatable bonds is 5. The lowest BCUT2D eigenvalue weighted by Gasteiger charge is -2.10. The van der Waals surface area contributed by atoms with Crippen LogP contribution >= 0.6 is 11.6 Å². The molecule has 4 nitrogen and oxygen atoms in total. The highest BCUT2D eigenvalue weighted by Crippen LogP contribution is 2.32. The summed E-state index contributed by atoms with van der Waals surface area (Å²) in [5.74, 6) is 1.54. The first-order valence-electron chi connectivity index (χ1n) is 8.24. The molecule has 0 fully saturated rings. The number of ether oxygens (including phenoxy) is 2. The Bertz CT molecular complexity index is 1070. The van der Waals surface area contributed by atoms with Gasteiger partial charge in [-0.3, -0.25) is 0 Å². The standard InChI is InChI=1S/C21H18ClNO3/c1-24-16-7-13(8-17(11-16)25-2)12-23-15-4-6-21-19(10-15)18-9-14(22)3-5-20(18)26-21/h3-11,23H,12H2,1-2H3. The van der Waals surface area contributed by atoms with Crippen LogP contribution in [-0.4, -0.2) is 14.2 Å². The van der Waals surface area contributed by atoms with Crippen LogP contribution in [0.25, 0.3) is 21.9 Å². The summed E-state index contributed by atoms with van der Waals surface area (Å²) >= 11 is 6.13. The Labute approximate surface area is 156 Å². The molecule has 0 aliphatic rings. The van der Waals surface area contributed by atoms with Crippen molar-refractivity contribution in [3.8, 4) is 11.5 Å². The third kappa shape index (κ3) is 3.16. The van der Waals surface area contributed by atoms with Gasteiger partial charge in [-0.25, -0.2) is 0 Å². The lowest BCUT2D eigenvalue weighted by atomic mass is 10.1. The number of anilines is 1. The number of benzene rings is 3. The SMILES string of the molecule is COc1cc(CNc2ccc3oc4ccc(Cl)cc4c3c2)cc(OC)c1. The normalized spacial score (nSPS) is 11.0.